The molecule has 0 spiro atoms. The molecule has 0 aliphatic heterocycles. The summed E-state index contributed by atoms with van der Waals surface area (Å²) in [4.78, 5) is 30.9. The molecule has 1 aliphatic rings. The third kappa shape index (κ3) is 4.26. The summed E-state index contributed by atoms with van der Waals surface area (Å²) in [5, 5.41) is 8.03. The summed E-state index contributed by atoms with van der Waals surface area (Å²) in [7, 11) is 0. The van der Waals surface area contributed by atoms with Gasteiger partial charge in [-0.1, -0.05) is 6.42 Å². The summed E-state index contributed by atoms with van der Waals surface area (Å²) in [6, 6.07) is 8.92. The molecule has 7 heteroatoms. The van der Waals surface area contributed by atoms with Crippen LogP contribution in [0.3, 0.4) is 0 Å². The van der Waals surface area contributed by atoms with Crippen molar-refractivity contribution in [2.75, 3.05) is 10.6 Å². The minimum atomic E-state index is -0.218. The summed E-state index contributed by atoms with van der Waals surface area (Å²) >= 11 is 2.97. The molecular weight excluding hydrogens is 378 g/mol. The van der Waals surface area contributed by atoms with Crippen LogP contribution in [-0.4, -0.2) is 16.8 Å². The van der Waals surface area contributed by atoms with Crippen molar-refractivity contribution in [3.8, 4) is 0 Å². The first-order valence-corrected chi connectivity index (χ1v) is 10.6. The highest BCUT2D eigenvalue weighted by Gasteiger charge is 2.17. The largest absolute Gasteiger partial charge is 0.321 e. The Hall–Kier alpha value is -2.51. The van der Waals surface area contributed by atoms with E-state index in [0.717, 1.165) is 17.7 Å². The second kappa shape index (κ2) is 8.02. The lowest BCUT2D eigenvalue weighted by atomic mass is 10.1. The van der Waals surface area contributed by atoms with Crippen molar-refractivity contribution in [2.24, 2.45) is 0 Å². The number of hydrogen-bond acceptors (Lipinski definition) is 5. The molecule has 4 rings (SSSR count). The zero-order chi connectivity index (χ0) is 18.6. The van der Waals surface area contributed by atoms with Crippen LogP contribution in [0.2, 0.25) is 0 Å². The first kappa shape index (κ1) is 17.9. The van der Waals surface area contributed by atoms with Crippen molar-refractivity contribution in [1.29, 1.82) is 0 Å². The second-order valence-electron chi connectivity index (χ2n) is 6.44. The number of anilines is 2. The number of nitrogens with one attached hydrogen (secondary N) is 2. The number of aromatic nitrogens is 1. The maximum Gasteiger partial charge on any atom is 0.265 e. The maximum atomic E-state index is 12.6. The summed E-state index contributed by atoms with van der Waals surface area (Å²) in [5.41, 5.74) is 2.53. The highest BCUT2D eigenvalue weighted by atomic mass is 32.1. The van der Waals surface area contributed by atoms with Gasteiger partial charge in [0.05, 0.1) is 4.88 Å². The molecule has 0 radical (unpaired) electrons. The van der Waals surface area contributed by atoms with E-state index in [-0.39, 0.29) is 11.8 Å². The standard InChI is InChI=1S/C20H19N3O2S2/c24-18(23-20-21-10-11-26-20)13-6-8-15(9-7-13)22-19(25)17-12-14-4-2-1-3-5-16(14)27-17/h6-12H,1-5H2,(H,22,25)(H,21,23,24). The zero-order valence-corrected chi connectivity index (χ0v) is 16.3. The van der Waals surface area contributed by atoms with Crippen LogP contribution in [0.25, 0.3) is 0 Å². The zero-order valence-electron chi connectivity index (χ0n) is 14.7. The van der Waals surface area contributed by atoms with Gasteiger partial charge >= 0.3 is 0 Å². The van der Waals surface area contributed by atoms with Crippen molar-refractivity contribution in [3.63, 3.8) is 0 Å². The molecule has 0 fully saturated rings. The average Bonchev–Trinajstić information content (AvgIpc) is 3.28. The number of benzene rings is 1. The fraction of sp³-hybridized carbons (Fsp3) is 0.250. The van der Waals surface area contributed by atoms with E-state index < -0.39 is 0 Å². The van der Waals surface area contributed by atoms with Crippen LogP contribution in [-0.2, 0) is 12.8 Å². The molecule has 0 bridgehead atoms. The van der Waals surface area contributed by atoms with E-state index in [0.29, 0.717) is 16.4 Å². The smallest absolute Gasteiger partial charge is 0.265 e. The summed E-state index contributed by atoms with van der Waals surface area (Å²) < 4.78 is 0. The second-order valence-corrected chi connectivity index (χ2v) is 8.47. The molecule has 0 unspecified atom stereocenters. The van der Waals surface area contributed by atoms with E-state index >= 15 is 0 Å². The van der Waals surface area contributed by atoms with Gasteiger partial charge in [0.15, 0.2) is 5.13 Å². The number of carbonyl (C=O) groups excluding carboxylic acids is 2. The SMILES string of the molecule is O=C(Nc1nccs1)c1ccc(NC(=O)c2cc3c(s2)CCCCC3)cc1. The summed E-state index contributed by atoms with van der Waals surface area (Å²) in [6.07, 6.45) is 7.47. The van der Waals surface area contributed by atoms with E-state index in [1.807, 2.05) is 6.07 Å². The predicted octanol–water partition coefficient (Wildman–Crippen LogP) is 4.98. The van der Waals surface area contributed by atoms with Gasteiger partial charge in [-0.15, -0.1) is 22.7 Å². The Labute approximate surface area is 165 Å². The van der Waals surface area contributed by atoms with Gasteiger partial charge in [-0.3, -0.25) is 14.9 Å². The Balaban J connectivity index is 1.41. The highest BCUT2D eigenvalue weighted by molar-refractivity contribution is 7.14. The number of carbonyl (C=O) groups is 2. The van der Waals surface area contributed by atoms with E-state index in [4.69, 9.17) is 0 Å². The van der Waals surface area contributed by atoms with Crippen LogP contribution in [0.15, 0.2) is 41.9 Å². The molecule has 2 heterocycles. The van der Waals surface area contributed by atoms with E-state index in [1.54, 1.807) is 47.2 Å². The molecular formula is C20H19N3O2S2. The molecule has 0 saturated carbocycles. The first-order valence-electron chi connectivity index (χ1n) is 8.93. The monoisotopic (exact) mass is 397 g/mol. The molecule has 138 valence electrons. The van der Waals surface area contributed by atoms with E-state index in [2.05, 4.69) is 15.6 Å². The normalized spacial score (nSPS) is 13.5. The third-order valence-electron chi connectivity index (χ3n) is 4.53. The van der Waals surface area contributed by atoms with Crippen molar-refractivity contribution in [3.05, 3.63) is 62.8 Å². The minimum absolute atomic E-state index is 0.0898. The van der Waals surface area contributed by atoms with Crippen molar-refractivity contribution in [1.82, 2.24) is 4.98 Å². The Kier molecular flexibility index (Phi) is 5.31. The van der Waals surface area contributed by atoms with Gasteiger partial charge in [0, 0.05) is 27.7 Å². The van der Waals surface area contributed by atoms with Gasteiger partial charge in [-0.25, -0.2) is 4.98 Å². The molecule has 1 aromatic carbocycles. The highest BCUT2D eigenvalue weighted by Crippen LogP contribution is 2.29. The van der Waals surface area contributed by atoms with Crippen LogP contribution in [0.4, 0.5) is 10.8 Å². The molecule has 0 atom stereocenters. The van der Waals surface area contributed by atoms with Crippen molar-refractivity contribution < 1.29 is 9.59 Å². The molecule has 2 aromatic heterocycles. The number of aryl methyl sites for hydroxylation is 2. The van der Waals surface area contributed by atoms with Crippen LogP contribution >= 0.6 is 22.7 Å². The summed E-state index contributed by atoms with van der Waals surface area (Å²) in [6.45, 7) is 0. The van der Waals surface area contributed by atoms with Gasteiger partial charge in [0.1, 0.15) is 0 Å². The quantitative estimate of drug-likeness (QED) is 0.610. The Morgan fingerprint density at radius 1 is 0.963 bits per heavy atom. The van der Waals surface area contributed by atoms with Crippen LogP contribution in [0.1, 0.15) is 49.7 Å². The topological polar surface area (TPSA) is 71.1 Å². The minimum Gasteiger partial charge on any atom is -0.321 e. The summed E-state index contributed by atoms with van der Waals surface area (Å²) in [5.74, 6) is -0.308. The van der Waals surface area contributed by atoms with Gasteiger partial charge in [-0.05, 0) is 61.6 Å². The van der Waals surface area contributed by atoms with Crippen LogP contribution in [0, 0.1) is 0 Å². The molecule has 0 saturated heterocycles. The van der Waals surface area contributed by atoms with Crippen LogP contribution < -0.4 is 10.6 Å². The van der Waals surface area contributed by atoms with E-state index in [1.165, 1.54) is 41.0 Å². The number of thiophene rings is 1. The average molecular weight is 398 g/mol. The molecule has 2 N–H and O–H groups in total. The van der Waals surface area contributed by atoms with Crippen molar-refractivity contribution in [2.45, 2.75) is 32.1 Å². The molecule has 5 nitrogen and oxygen atoms in total. The molecule has 3 aromatic rings. The Morgan fingerprint density at radius 3 is 2.56 bits per heavy atom. The lowest BCUT2D eigenvalue weighted by molar-refractivity contribution is 0.102. The number of rotatable bonds is 4. The number of fused-ring (bicyclic) bond motifs is 1. The lowest BCUT2D eigenvalue weighted by Crippen LogP contribution is -2.13. The van der Waals surface area contributed by atoms with Crippen molar-refractivity contribution >= 4 is 45.3 Å². The fourth-order valence-electron chi connectivity index (χ4n) is 3.13. The molecule has 2 amide bonds. The Bertz CT molecular complexity index is 923. The third-order valence-corrected chi connectivity index (χ3v) is 6.45. The van der Waals surface area contributed by atoms with Gasteiger partial charge < -0.3 is 5.32 Å². The fourth-order valence-corrected chi connectivity index (χ4v) is 4.80. The molecule has 1 aliphatic carbocycles. The van der Waals surface area contributed by atoms with Gasteiger partial charge in [0.25, 0.3) is 11.8 Å². The maximum absolute atomic E-state index is 12.6. The lowest BCUT2D eigenvalue weighted by Gasteiger charge is -2.06. The predicted molar refractivity (Wildman–Crippen MR) is 110 cm³/mol. The first-order chi connectivity index (χ1) is 13.2. The number of amides is 2. The van der Waals surface area contributed by atoms with E-state index in [9.17, 15) is 9.59 Å². The number of thiazole rings is 1. The van der Waals surface area contributed by atoms with Gasteiger partial charge in [-0.2, -0.15) is 0 Å². The van der Waals surface area contributed by atoms with Gasteiger partial charge in [0.2, 0.25) is 0 Å². The van der Waals surface area contributed by atoms with Crippen LogP contribution in [0.5, 0.6) is 0 Å². The molecule has 27 heavy (non-hydrogen) atoms. The Morgan fingerprint density at radius 2 is 1.78 bits per heavy atom. The number of nitrogens with zero attached hydrogens (tertiary/aromatic N) is 1. The number of hydrogen-bond donors (Lipinski definition) is 2.